The Kier molecular flexibility index (Phi) is 2.30. The molecular weight excluding hydrogens is 191 g/mol. The van der Waals surface area contributed by atoms with Crippen LogP contribution in [0.15, 0.2) is 0 Å². The third kappa shape index (κ3) is 2.29. The van der Waals surface area contributed by atoms with Crippen LogP contribution in [-0.4, -0.2) is 10.0 Å². The van der Waals surface area contributed by atoms with E-state index in [1.54, 1.807) is 20.8 Å². The maximum Gasteiger partial charge on any atom is 0.268 e. The summed E-state index contributed by atoms with van der Waals surface area (Å²) >= 11 is 2.71. The van der Waals surface area contributed by atoms with Crippen molar-refractivity contribution in [1.82, 2.24) is 0 Å². The van der Waals surface area contributed by atoms with Gasteiger partial charge in [-0.05, 0) is 0 Å². The summed E-state index contributed by atoms with van der Waals surface area (Å²) in [5, 5.41) is -0.535. The standard InChI is InChI=1S/C4H10BrO2P/c1-4(2,3)8(5,6)7/h1-3H3,(H,6,7). The Morgan fingerprint density at radius 1 is 1.50 bits per heavy atom. The molecule has 0 saturated heterocycles. The zero-order chi connectivity index (χ0) is 7.00. The van der Waals surface area contributed by atoms with E-state index in [1.807, 2.05) is 0 Å². The minimum atomic E-state index is -3.04. The van der Waals surface area contributed by atoms with E-state index >= 15 is 0 Å². The molecule has 0 amide bonds. The topological polar surface area (TPSA) is 37.3 Å². The van der Waals surface area contributed by atoms with E-state index in [0.29, 0.717) is 0 Å². The van der Waals surface area contributed by atoms with E-state index in [4.69, 9.17) is 4.89 Å². The smallest absolute Gasteiger partial charge is 0.268 e. The molecule has 2 nitrogen and oxygen atoms in total. The third-order valence-electron chi connectivity index (χ3n) is 0.827. The van der Waals surface area contributed by atoms with E-state index in [-0.39, 0.29) is 0 Å². The molecule has 50 valence electrons. The van der Waals surface area contributed by atoms with Crippen molar-refractivity contribution in [3.8, 4) is 0 Å². The van der Waals surface area contributed by atoms with Gasteiger partial charge in [-0.1, -0.05) is 20.8 Å². The molecule has 8 heavy (non-hydrogen) atoms. The fourth-order valence-electron chi connectivity index (χ4n) is 0. The maximum absolute atomic E-state index is 10.7. The van der Waals surface area contributed by atoms with Gasteiger partial charge in [0, 0.05) is 20.6 Å². The van der Waals surface area contributed by atoms with Gasteiger partial charge in [-0.2, -0.15) is 0 Å². The Morgan fingerprint density at radius 2 is 1.62 bits per heavy atom. The molecule has 0 aromatic rings. The average molecular weight is 201 g/mol. The predicted molar refractivity (Wildman–Crippen MR) is 38.5 cm³/mol. The lowest BCUT2D eigenvalue weighted by Crippen LogP contribution is -2.10. The van der Waals surface area contributed by atoms with E-state index in [0.717, 1.165) is 0 Å². The summed E-state index contributed by atoms with van der Waals surface area (Å²) in [6.07, 6.45) is -3.04. The number of hydrogen-bond acceptors (Lipinski definition) is 1. The zero-order valence-corrected chi connectivity index (χ0v) is 7.66. The normalized spacial score (nSPS) is 20.1. The fourth-order valence-corrected chi connectivity index (χ4v) is 0. The molecule has 0 rings (SSSR count). The van der Waals surface area contributed by atoms with Crippen LogP contribution in [0.1, 0.15) is 20.8 Å². The van der Waals surface area contributed by atoms with Gasteiger partial charge in [-0.15, -0.1) is 0 Å². The molecule has 0 radical (unpaired) electrons. The summed E-state index contributed by atoms with van der Waals surface area (Å²) in [5.74, 6) is 0. The Labute approximate surface area is 57.5 Å². The van der Waals surface area contributed by atoms with Crippen LogP contribution in [0.4, 0.5) is 0 Å². The molecule has 0 aliphatic rings. The van der Waals surface area contributed by atoms with Crippen LogP contribution < -0.4 is 0 Å². The molecular formula is C4H10BrO2P. The van der Waals surface area contributed by atoms with Crippen molar-refractivity contribution in [2.45, 2.75) is 25.9 Å². The SMILES string of the molecule is CC(C)(C)P(=O)(O)Br. The van der Waals surface area contributed by atoms with Crippen LogP contribution in [-0.2, 0) is 4.57 Å². The fraction of sp³-hybridized carbons (Fsp3) is 1.00. The molecule has 1 N–H and O–H groups in total. The van der Waals surface area contributed by atoms with Gasteiger partial charge in [0.05, 0.1) is 0 Å². The van der Waals surface area contributed by atoms with Crippen LogP contribution >= 0.6 is 21.6 Å². The minimum absolute atomic E-state index is 0.535. The van der Waals surface area contributed by atoms with Gasteiger partial charge < -0.3 is 4.89 Å². The maximum atomic E-state index is 10.7. The first-order valence-corrected chi connectivity index (χ1v) is 5.95. The summed E-state index contributed by atoms with van der Waals surface area (Å²) in [6.45, 7) is 5.13. The van der Waals surface area contributed by atoms with Gasteiger partial charge >= 0.3 is 0 Å². The summed E-state index contributed by atoms with van der Waals surface area (Å²) in [4.78, 5) is 8.83. The molecule has 0 bridgehead atoms. The molecule has 0 aromatic carbocycles. The first kappa shape index (κ1) is 8.67. The molecule has 1 unspecified atom stereocenters. The zero-order valence-electron chi connectivity index (χ0n) is 5.18. The van der Waals surface area contributed by atoms with Gasteiger partial charge in [0.15, 0.2) is 0 Å². The van der Waals surface area contributed by atoms with Crippen LogP contribution in [0.3, 0.4) is 0 Å². The highest BCUT2D eigenvalue weighted by atomic mass is 79.9. The van der Waals surface area contributed by atoms with Gasteiger partial charge in [0.1, 0.15) is 0 Å². The molecule has 4 heteroatoms. The summed E-state index contributed by atoms with van der Waals surface area (Å²) in [5.41, 5.74) is 0. The number of rotatable bonds is 0. The monoisotopic (exact) mass is 200 g/mol. The molecule has 0 spiro atoms. The first-order valence-electron chi connectivity index (χ1n) is 2.28. The number of halogens is 1. The van der Waals surface area contributed by atoms with Crippen molar-refractivity contribution in [2.24, 2.45) is 0 Å². The summed E-state index contributed by atoms with van der Waals surface area (Å²) < 4.78 is 10.7. The van der Waals surface area contributed by atoms with Crippen molar-refractivity contribution < 1.29 is 9.46 Å². The second-order valence-corrected chi connectivity index (χ2v) is 7.90. The van der Waals surface area contributed by atoms with Gasteiger partial charge in [-0.25, -0.2) is 0 Å². The summed E-state index contributed by atoms with van der Waals surface area (Å²) in [6, 6.07) is 0. The van der Waals surface area contributed by atoms with Crippen molar-refractivity contribution in [3.05, 3.63) is 0 Å². The third-order valence-corrected chi connectivity index (χ3v) is 5.67. The second kappa shape index (κ2) is 2.13. The molecule has 0 aromatic heterocycles. The van der Waals surface area contributed by atoms with Gasteiger partial charge in [0.25, 0.3) is 6.07 Å². The highest BCUT2D eigenvalue weighted by Gasteiger charge is 2.30. The number of hydrogen-bond donors (Lipinski definition) is 1. The van der Waals surface area contributed by atoms with Crippen molar-refractivity contribution in [1.29, 1.82) is 0 Å². The van der Waals surface area contributed by atoms with Crippen molar-refractivity contribution in [3.63, 3.8) is 0 Å². The van der Waals surface area contributed by atoms with Crippen LogP contribution in [0, 0.1) is 0 Å². The average Bonchev–Trinajstić information content (AvgIpc) is 1.25. The molecule has 0 aliphatic carbocycles. The Balaban J connectivity index is 4.26. The largest absolute Gasteiger partial charge is 0.336 e. The van der Waals surface area contributed by atoms with Crippen LogP contribution in [0.25, 0.3) is 0 Å². The van der Waals surface area contributed by atoms with Crippen LogP contribution in [0.5, 0.6) is 0 Å². The lowest BCUT2D eigenvalue weighted by Gasteiger charge is -2.19. The highest BCUT2D eigenvalue weighted by Crippen LogP contribution is 2.60. The highest BCUT2D eigenvalue weighted by molar-refractivity contribution is 9.39. The molecule has 0 saturated carbocycles. The molecule has 0 fully saturated rings. The van der Waals surface area contributed by atoms with Crippen molar-refractivity contribution >= 4 is 21.6 Å². The molecule has 0 aliphatic heterocycles. The van der Waals surface area contributed by atoms with Gasteiger partial charge in [0.2, 0.25) is 0 Å². The molecule has 1 atom stereocenters. The lowest BCUT2D eigenvalue weighted by molar-refractivity contribution is 0.467. The second-order valence-electron chi connectivity index (χ2n) is 2.67. The van der Waals surface area contributed by atoms with E-state index in [9.17, 15) is 4.57 Å². The minimum Gasteiger partial charge on any atom is -0.336 e. The molecule has 0 heterocycles. The Morgan fingerprint density at radius 3 is 1.62 bits per heavy atom. The van der Waals surface area contributed by atoms with E-state index < -0.39 is 11.2 Å². The van der Waals surface area contributed by atoms with Gasteiger partial charge in [-0.3, -0.25) is 4.57 Å². The van der Waals surface area contributed by atoms with E-state index in [2.05, 4.69) is 15.5 Å². The Hall–Kier alpha value is 0.670. The quantitative estimate of drug-likeness (QED) is 0.610. The summed E-state index contributed by atoms with van der Waals surface area (Å²) in [7, 11) is 0. The van der Waals surface area contributed by atoms with Crippen LogP contribution in [0.2, 0.25) is 0 Å². The predicted octanol–water partition coefficient (Wildman–Crippen LogP) is 2.37. The van der Waals surface area contributed by atoms with E-state index in [1.165, 1.54) is 0 Å². The lowest BCUT2D eigenvalue weighted by atomic mass is 10.3. The van der Waals surface area contributed by atoms with Crippen molar-refractivity contribution in [2.75, 3.05) is 0 Å². The Bertz CT molecular complexity index is 120. The first-order chi connectivity index (χ1) is 3.25.